The molecule has 0 bridgehead atoms. The Balaban J connectivity index is 1.97. The maximum absolute atomic E-state index is 12.5. The minimum Gasteiger partial charge on any atom is -0.496 e. The van der Waals surface area contributed by atoms with Crippen molar-refractivity contribution in [2.24, 2.45) is 5.92 Å². The topological polar surface area (TPSA) is 75.0 Å². The van der Waals surface area contributed by atoms with Crippen molar-refractivity contribution in [3.63, 3.8) is 0 Å². The number of nitrogens with one attached hydrogen (secondary N) is 2. The molecule has 1 aromatic heterocycles. The summed E-state index contributed by atoms with van der Waals surface area (Å²) in [4.78, 5) is 29.6. The van der Waals surface area contributed by atoms with Gasteiger partial charge in [-0.15, -0.1) is 6.58 Å². The number of H-pyrrole nitrogens is 2. The van der Waals surface area contributed by atoms with Gasteiger partial charge in [0.1, 0.15) is 5.75 Å². The first-order valence-electron chi connectivity index (χ1n) is 8.72. The molecule has 1 fully saturated rings. The summed E-state index contributed by atoms with van der Waals surface area (Å²) >= 11 is 0. The molecule has 3 rings (SSSR count). The highest BCUT2D eigenvalue weighted by Gasteiger charge is 2.25. The van der Waals surface area contributed by atoms with Crippen LogP contribution >= 0.6 is 0 Å². The van der Waals surface area contributed by atoms with Crippen LogP contribution in [0.1, 0.15) is 48.4 Å². The van der Waals surface area contributed by atoms with Crippen LogP contribution in [0.3, 0.4) is 0 Å². The van der Waals surface area contributed by atoms with Crippen LogP contribution in [0.15, 0.2) is 46.5 Å². The van der Waals surface area contributed by atoms with Gasteiger partial charge in [-0.2, -0.15) is 0 Å². The van der Waals surface area contributed by atoms with Crippen LogP contribution in [0.25, 0.3) is 0 Å². The summed E-state index contributed by atoms with van der Waals surface area (Å²) in [6, 6.07) is 7.65. The summed E-state index contributed by atoms with van der Waals surface area (Å²) in [5.74, 6) is 1.48. The van der Waals surface area contributed by atoms with E-state index in [4.69, 9.17) is 4.74 Å². The molecule has 132 valence electrons. The van der Waals surface area contributed by atoms with Crippen molar-refractivity contribution in [1.29, 1.82) is 0 Å². The summed E-state index contributed by atoms with van der Waals surface area (Å²) in [5.41, 5.74) is 1.60. The van der Waals surface area contributed by atoms with Crippen molar-refractivity contribution in [3.8, 4) is 5.75 Å². The lowest BCUT2D eigenvalue weighted by molar-refractivity contribution is 0.369. The van der Waals surface area contributed by atoms with Gasteiger partial charge in [0, 0.05) is 17.7 Å². The molecule has 2 N–H and O–H groups in total. The predicted molar refractivity (Wildman–Crippen MR) is 98.4 cm³/mol. The second-order valence-electron chi connectivity index (χ2n) is 6.64. The zero-order valence-corrected chi connectivity index (χ0v) is 14.5. The van der Waals surface area contributed by atoms with Gasteiger partial charge in [-0.25, -0.2) is 4.79 Å². The lowest BCUT2D eigenvalue weighted by Gasteiger charge is -2.27. The standard InChI is InChI=1S/C20H24N2O3/c1-3-13-8-10-14(11-9-13)18-16(19(23)22-20(24)21-18)12-15-6-4-5-7-17(15)25-2/h3-7,13-14H,1,8-12H2,2H3,(H2,21,22,23,24). The van der Waals surface area contributed by atoms with Crippen LogP contribution in [-0.4, -0.2) is 17.1 Å². The maximum Gasteiger partial charge on any atom is 0.325 e. The molecule has 5 heteroatoms. The Morgan fingerprint density at radius 3 is 2.56 bits per heavy atom. The van der Waals surface area contributed by atoms with Crippen molar-refractivity contribution >= 4 is 0 Å². The van der Waals surface area contributed by atoms with E-state index in [9.17, 15) is 9.59 Å². The Morgan fingerprint density at radius 2 is 1.88 bits per heavy atom. The van der Waals surface area contributed by atoms with Crippen molar-refractivity contribution in [3.05, 3.63) is 74.6 Å². The number of aromatic amines is 2. The molecule has 1 aliphatic carbocycles. The number of rotatable bonds is 5. The zero-order chi connectivity index (χ0) is 17.8. The van der Waals surface area contributed by atoms with E-state index in [0.717, 1.165) is 42.7 Å². The van der Waals surface area contributed by atoms with Crippen LogP contribution in [-0.2, 0) is 6.42 Å². The van der Waals surface area contributed by atoms with Crippen molar-refractivity contribution in [1.82, 2.24) is 9.97 Å². The lowest BCUT2D eigenvalue weighted by Crippen LogP contribution is -2.30. The molecule has 0 spiro atoms. The molecule has 1 aliphatic rings. The third-order valence-corrected chi connectivity index (χ3v) is 5.15. The molecule has 5 nitrogen and oxygen atoms in total. The van der Waals surface area contributed by atoms with Gasteiger partial charge in [0.2, 0.25) is 0 Å². The Morgan fingerprint density at radius 1 is 1.16 bits per heavy atom. The smallest absolute Gasteiger partial charge is 0.325 e. The third kappa shape index (κ3) is 3.76. The number of hydrogen-bond acceptors (Lipinski definition) is 3. The number of benzene rings is 1. The largest absolute Gasteiger partial charge is 0.496 e. The van der Waals surface area contributed by atoms with E-state index in [2.05, 4.69) is 16.5 Å². The lowest BCUT2D eigenvalue weighted by atomic mass is 9.79. The van der Waals surface area contributed by atoms with Crippen LogP contribution in [0.2, 0.25) is 0 Å². The molecule has 0 radical (unpaired) electrons. The molecule has 1 aromatic carbocycles. The van der Waals surface area contributed by atoms with Gasteiger partial charge in [-0.3, -0.25) is 9.78 Å². The number of ether oxygens (including phenoxy) is 1. The normalized spacial score (nSPS) is 20.2. The fraction of sp³-hybridized carbons (Fsp3) is 0.400. The molecule has 0 atom stereocenters. The summed E-state index contributed by atoms with van der Waals surface area (Å²) in [5, 5.41) is 0. The highest BCUT2D eigenvalue weighted by Crippen LogP contribution is 2.36. The average Bonchev–Trinajstić information content (AvgIpc) is 2.64. The fourth-order valence-electron chi connectivity index (χ4n) is 3.74. The number of para-hydroxylation sites is 1. The summed E-state index contributed by atoms with van der Waals surface area (Å²) in [6.07, 6.45) is 6.43. The molecule has 1 saturated carbocycles. The number of allylic oxidation sites excluding steroid dienone is 1. The fourth-order valence-corrected chi connectivity index (χ4v) is 3.74. The molecule has 0 saturated heterocycles. The van der Waals surface area contributed by atoms with Gasteiger partial charge in [0.15, 0.2) is 0 Å². The van der Waals surface area contributed by atoms with Crippen LogP contribution in [0, 0.1) is 5.92 Å². The molecule has 2 aromatic rings. The maximum atomic E-state index is 12.5. The van der Waals surface area contributed by atoms with Gasteiger partial charge >= 0.3 is 5.69 Å². The molecular weight excluding hydrogens is 316 g/mol. The second-order valence-corrected chi connectivity index (χ2v) is 6.64. The van der Waals surface area contributed by atoms with E-state index in [0.29, 0.717) is 17.9 Å². The second kappa shape index (κ2) is 7.55. The van der Waals surface area contributed by atoms with Crippen molar-refractivity contribution in [2.45, 2.75) is 38.0 Å². The van der Waals surface area contributed by atoms with Gasteiger partial charge in [-0.05, 0) is 49.1 Å². The van der Waals surface area contributed by atoms with E-state index in [-0.39, 0.29) is 11.5 Å². The first-order chi connectivity index (χ1) is 12.1. The molecule has 1 heterocycles. The van der Waals surface area contributed by atoms with Gasteiger partial charge in [0.05, 0.1) is 7.11 Å². The number of aromatic nitrogens is 2. The predicted octanol–water partition coefficient (Wildman–Crippen LogP) is 3.12. The van der Waals surface area contributed by atoms with Crippen LogP contribution in [0.4, 0.5) is 0 Å². The van der Waals surface area contributed by atoms with E-state index < -0.39 is 5.69 Å². The summed E-state index contributed by atoms with van der Waals surface area (Å²) in [6.45, 7) is 3.88. The number of methoxy groups -OCH3 is 1. The van der Waals surface area contributed by atoms with Gasteiger partial charge in [-0.1, -0.05) is 24.3 Å². The minimum absolute atomic E-state index is 0.205. The SMILES string of the molecule is C=CC1CCC(c2[nH]c(=O)[nH]c(=O)c2Cc2ccccc2OC)CC1. The van der Waals surface area contributed by atoms with Gasteiger partial charge in [0.25, 0.3) is 5.56 Å². The summed E-state index contributed by atoms with van der Waals surface area (Å²) in [7, 11) is 1.62. The van der Waals surface area contributed by atoms with Crippen LogP contribution < -0.4 is 16.0 Å². The first-order valence-corrected chi connectivity index (χ1v) is 8.72. The third-order valence-electron chi connectivity index (χ3n) is 5.15. The first kappa shape index (κ1) is 17.3. The van der Waals surface area contributed by atoms with E-state index in [1.54, 1.807) is 7.11 Å². The van der Waals surface area contributed by atoms with E-state index in [1.807, 2.05) is 30.3 Å². The highest BCUT2D eigenvalue weighted by atomic mass is 16.5. The van der Waals surface area contributed by atoms with E-state index >= 15 is 0 Å². The van der Waals surface area contributed by atoms with Crippen LogP contribution in [0.5, 0.6) is 5.75 Å². The molecular formula is C20H24N2O3. The monoisotopic (exact) mass is 340 g/mol. The van der Waals surface area contributed by atoms with Gasteiger partial charge < -0.3 is 9.72 Å². The zero-order valence-electron chi connectivity index (χ0n) is 14.5. The van der Waals surface area contributed by atoms with E-state index in [1.165, 1.54) is 0 Å². The van der Waals surface area contributed by atoms with Crippen molar-refractivity contribution in [2.75, 3.05) is 7.11 Å². The molecule has 0 amide bonds. The molecule has 25 heavy (non-hydrogen) atoms. The minimum atomic E-state index is -0.436. The summed E-state index contributed by atoms with van der Waals surface area (Å²) < 4.78 is 5.40. The molecule has 0 aliphatic heterocycles. The Bertz CT molecular complexity index is 858. The Hall–Kier alpha value is -2.56. The number of hydrogen-bond donors (Lipinski definition) is 2. The highest BCUT2D eigenvalue weighted by molar-refractivity contribution is 5.38. The Kier molecular flexibility index (Phi) is 5.22. The average molecular weight is 340 g/mol. The Labute approximate surface area is 146 Å². The molecule has 0 unspecified atom stereocenters. The van der Waals surface area contributed by atoms with Crippen molar-refractivity contribution < 1.29 is 4.74 Å². The quantitative estimate of drug-likeness (QED) is 0.821.